The summed E-state index contributed by atoms with van der Waals surface area (Å²) in [6.45, 7) is 16.3. The van der Waals surface area contributed by atoms with Gasteiger partial charge in [0.25, 0.3) is 5.91 Å². The summed E-state index contributed by atoms with van der Waals surface area (Å²) in [6, 6.07) is 28.7. The number of hydrogen-bond acceptors (Lipinski definition) is 12. The SMILES string of the molecule is CON=C(C(=O)NC1C(=O)N2C1CSC(CO[Si](C)(C)C(C)(C)C)C2(C(=O)OO)C(C)(C)C)c1csc(NC(c2ccccc2)(c2ccccc2)c2ccccc2)n1. The van der Waals surface area contributed by atoms with Gasteiger partial charge in [0, 0.05) is 17.7 Å². The van der Waals surface area contributed by atoms with E-state index in [-0.39, 0.29) is 23.1 Å². The van der Waals surface area contributed by atoms with Gasteiger partial charge < -0.3 is 24.8 Å². The van der Waals surface area contributed by atoms with E-state index >= 15 is 0 Å². The second-order valence-electron chi connectivity index (χ2n) is 17.1. The highest BCUT2D eigenvalue weighted by atomic mass is 32.2. The van der Waals surface area contributed by atoms with E-state index in [2.05, 4.69) is 90.9 Å². The Morgan fingerprint density at radius 2 is 1.47 bits per heavy atom. The van der Waals surface area contributed by atoms with E-state index in [1.807, 2.05) is 75.4 Å². The lowest BCUT2D eigenvalue weighted by Crippen LogP contribution is -2.86. The van der Waals surface area contributed by atoms with E-state index in [0.29, 0.717) is 10.9 Å². The van der Waals surface area contributed by atoms with Gasteiger partial charge in [-0.1, -0.05) is 138 Å². The Hall–Kier alpha value is -4.54. The third-order valence-electron chi connectivity index (χ3n) is 11.8. The Balaban J connectivity index is 1.29. The van der Waals surface area contributed by atoms with E-state index in [9.17, 15) is 19.6 Å². The summed E-state index contributed by atoms with van der Waals surface area (Å²) in [4.78, 5) is 58.2. The number of anilines is 1. The molecule has 308 valence electrons. The number of β-lactam (4-membered cyclic amide) rings is 1. The molecule has 2 fully saturated rings. The molecular weight excluding hydrogens is 791 g/mol. The van der Waals surface area contributed by atoms with Gasteiger partial charge in [-0.25, -0.2) is 9.78 Å². The maximum Gasteiger partial charge on any atom is 0.369 e. The van der Waals surface area contributed by atoms with Crippen molar-refractivity contribution in [2.45, 2.75) is 88.1 Å². The number of carbonyl (C=O) groups excluding carboxylic acids is 3. The lowest BCUT2D eigenvalue weighted by Gasteiger charge is -2.64. The molecule has 2 saturated heterocycles. The number of carbonyl (C=O) groups is 3. The standard InChI is InChI=1S/C43H53N5O7S2Si/c1-40(2,3)43(38(51)55-52)33(25-54-58(8,9)41(4,5)6)56-27-32-35(37(50)48(32)43)45-36(49)34(47-53-7)31-26-57-39(44-31)46-42(28-19-13-10-14-20-28,29-21-15-11-16-22-29)30-23-17-12-18-24-30/h10-24,26,32-33,35,52H,25,27H2,1-9H3,(H,44,46)(H,45,49). The Morgan fingerprint density at radius 3 is 1.93 bits per heavy atom. The molecule has 0 spiro atoms. The van der Waals surface area contributed by atoms with Crippen LogP contribution in [0.2, 0.25) is 18.1 Å². The maximum absolute atomic E-state index is 14.3. The molecule has 3 aromatic carbocycles. The number of thioether (sulfide) groups is 1. The zero-order valence-electron chi connectivity index (χ0n) is 34.4. The number of benzene rings is 3. The van der Waals surface area contributed by atoms with Crippen molar-refractivity contribution in [3.05, 3.63) is 119 Å². The molecule has 0 radical (unpaired) electrons. The topological polar surface area (TPSA) is 152 Å². The Labute approximate surface area is 349 Å². The van der Waals surface area contributed by atoms with Gasteiger partial charge in [0.1, 0.15) is 24.4 Å². The van der Waals surface area contributed by atoms with Crippen molar-refractivity contribution in [3.63, 3.8) is 0 Å². The van der Waals surface area contributed by atoms with Crippen molar-refractivity contribution < 1.29 is 33.8 Å². The average Bonchev–Trinajstić information content (AvgIpc) is 3.67. The van der Waals surface area contributed by atoms with Crippen LogP contribution in [-0.4, -0.2) is 89.3 Å². The molecule has 0 bridgehead atoms. The maximum atomic E-state index is 14.3. The number of nitrogens with zero attached hydrogens (tertiary/aromatic N) is 3. The summed E-state index contributed by atoms with van der Waals surface area (Å²) in [5.41, 5.74) is -0.285. The molecule has 4 unspecified atom stereocenters. The van der Waals surface area contributed by atoms with Crippen LogP contribution < -0.4 is 10.6 Å². The minimum Gasteiger partial charge on any atom is -0.416 e. The predicted octanol–water partition coefficient (Wildman–Crippen LogP) is 7.53. The monoisotopic (exact) mass is 843 g/mol. The first-order chi connectivity index (χ1) is 27.4. The fourth-order valence-corrected chi connectivity index (χ4v) is 11.4. The molecule has 0 aliphatic carbocycles. The zero-order chi connectivity index (χ0) is 42.1. The van der Waals surface area contributed by atoms with Crippen molar-refractivity contribution in [1.82, 2.24) is 15.2 Å². The Morgan fingerprint density at radius 1 is 0.931 bits per heavy atom. The summed E-state index contributed by atoms with van der Waals surface area (Å²) in [5, 5.41) is 22.2. The first kappa shape index (κ1) is 43.0. The van der Waals surface area contributed by atoms with Crippen LogP contribution in [0.1, 0.15) is 63.9 Å². The minimum atomic E-state index is -2.27. The molecule has 58 heavy (non-hydrogen) atoms. The molecule has 0 saturated carbocycles. The summed E-state index contributed by atoms with van der Waals surface area (Å²) < 4.78 is 6.61. The number of hydrogen-bond donors (Lipinski definition) is 3. The number of amides is 2. The van der Waals surface area contributed by atoms with Gasteiger partial charge in [0.05, 0.1) is 11.3 Å². The number of fused-ring (bicyclic) bond motifs is 1. The number of oxime groups is 1. The molecule has 2 aliphatic heterocycles. The first-order valence-electron chi connectivity index (χ1n) is 19.2. The molecular formula is C43H53N5O7S2Si. The van der Waals surface area contributed by atoms with Gasteiger partial charge in [-0.3, -0.25) is 14.5 Å². The Bertz CT molecular complexity index is 2030. The van der Waals surface area contributed by atoms with Crippen LogP contribution in [0.25, 0.3) is 0 Å². The molecule has 1 aromatic heterocycles. The van der Waals surface area contributed by atoms with E-state index in [1.54, 1.807) is 5.38 Å². The van der Waals surface area contributed by atoms with E-state index < -0.39 is 59.9 Å². The minimum absolute atomic E-state index is 0.0941. The molecule has 3 heterocycles. The molecule has 15 heteroatoms. The molecule has 3 N–H and O–H groups in total. The lowest BCUT2D eigenvalue weighted by atomic mass is 9.66. The predicted molar refractivity (Wildman–Crippen MR) is 231 cm³/mol. The van der Waals surface area contributed by atoms with Crippen LogP contribution in [0.3, 0.4) is 0 Å². The normalized spacial score (nSPS) is 21.4. The highest BCUT2D eigenvalue weighted by Crippen LogP contribution is 2.53. The summed E-state index contributed by atoms with van der Waals surface area (Å²) in [6.07, 6.45) is 0. The third-order valence-corrected chi connectivity index (χ3v) is 18.5. The second kappa shape index (κ2) is 16.6. The molecule has 12 nitrogen and oxygen atoms in total. The Kier molecular flexibility index (Phi) is 12.3. The zero-order valence-corrected chi connectivity index (χ0v) is 37.1. The third kappa shape index (κ3) is 7.58. The first-order valence-corrected chi connectivity index (χ1v) is 24.0. The smallest absolute Gasteiger partial charge is 0.369 e. The van der Waals surface area contributed by atoms with Crippen molar-refractivity contribution in [2.24, 2.45) is 10.6 Å². The number of aromatic nitrogens is 1. The van der Waals surface area contributed by atoms with Crippen molar-refractivity contribution >= 4 is 60.0 Å². The number of thiazole rings is 1. The summed E-state index contributed by atoms with van der Waals surface area (Å²) in [5.74, 6) is -1.69. The van der Waals surface area contributed by atoms with Gasteiger partial charge >= 0.3 is 5.97 Å². The van der Waals surface area contributed by atoms with Gasteiger partial charge in [0.15, 0.2) is 24.7 Å². The molecule has 2 amide bonds. The highest BCUT2D eigenvalue weighted by molar-refractivity contribution is 8.00. The molecule has 6 rings (SSSR count). The van der Waals surface area contributed by atoms with Gasteiger partial charge in [-0.2, -0.15) is 17.0 Å². The lowest BCUT2D eigenvalue weighted by molar-refractivity contribution is -0.257. The van der Waals surface area contributed by atoms with E-state index in [4.69, 9.17) is 14.2 Å². The van der Waals surface area contributed by atoms with Crippen LogP contribution in [-0.2, 0) is 34.1 Å². The number of nitrogens with one attached hydrogen (secondary N) is 2. The van der Waals surface area contributed by atoms with Crippen LogP contribution in [0.4, 0.5) is 5.13 Å². The average molecular weight is 844 g/mol. The van der Waals surface area contributed by atoms with Gasteiger partial charge in [-0.15, -0.1) is 11.3 Å². The molecule has 2 aliphatic rings. The summed E-state index contributed by atoms with van der Waals surface area (Å²) in [7, 11) is -0.933. The number of rotatable bonds is 13. The quantitative estimate of drug-likeness (QED) is 0.0308. The van der Waals surface area contributed by atoms with Crippen molar-refractivity contribution in [1.29, 1.82) is 0 Å². The second-order valence-corrected chi connectivity index (χ2v) is 24.1. The van der Waals surface area contributed by atoms with E-state index in [1.165, 1.54) is 35.1 Å². The summed E-state index contributed by atoms with van der Waals surface area (Å²) >= 11 is 2.78. The fraction of sp³-hybridized carbons (Fsp3) is 0.419. The van der Waals surface area contributed by atoms with Gasteiger partial charge in [0.2, 0.25) is 5.91 Å². The largest absolute Gasteiger partial charge is 0.416 e. The molecule has 4 atom stereocenters. The van der Waals surface area contributed by atoms with Crippen LogP contribution in [0, 0.1) is 5.41 Å². The highest BCUT2D eigenvalue weighted by Gasteiger charge is 2.71. The molecule has 4 aromatic rings. The van der Waals surface area contributed by atoms with Crippen molar-refractivity contribution in [3.8, 4) is 0 Å². The van der Waals surface area contributed by atoms with Crippen LogP contribution >= 0.6 is 23.1 Å². The van der Waals surface area contributed by atoms with Crippen LogP contribution in [0.15, 0.2) is 102 Å². The van der Waals surface area contributed by atoms with Gasteiger partial charge in [-0.05, 0) is 40.2 Å². The van der Waals surface area contributed by atoms with E-state index in [0.717, 1.165) is 16.7 Å². The fourth-order valence-electron chi connectivity index (χ4n) is 7.81. The van der Waals surface area contributed by atoms with Crippen molar-refractivity contribution in [2.75, 3.05) is 24.8 Å². The van der Waals surface area contributed by atoms with Crippen LogP contribution in [0.5, 0.6) is 0 Å².